The molecule has 0 heterocycles. The zero-order valence-corrected chi connectivity index (χ0v) is 16.7. The third-order valence-corrected chi connectivity index (χ3v) is 7.02. The Hall–Kier alpha value is -3.27. The monoisotopic (exact) mass is 457 g/mol. The Morgan fingerprint density at radius 2 is 1.23 bits per heavy atom. The second kappa shape index (κ2) is 6.63. The Balaban J connectivity index is 2.50. The molecule has 15 heteroatoms. The summed E-state index contributed by atoms with van der Waals surface area (Å²) in [5.41, 5.74) is -4.01. The molecule has 0 saturated heterocycles. The molecule has 158 valence electrons. The third-order valence-electron chi connectivity index (χ3n) is 4.39. The first-order chi connectivity index (χ1) is 13.7. The molecule has 0 saturated carbocycles. The molecule has 2 aromatic carbocycles. The molecule has 13 nitrogen and oxygen atoms in total. The molecule has 0 aromatic heterocycles. The Morgan fingerprint density at radius 1 is 0.833 bits per heavy atom. The van der Waals surface area contributed by atoms with Crippen LogP contribution >= 0.6 is 0 Å². The highest BCUT2D eigenvalue weighted by molar-refractivity contribution is 7.89. The van der Waals surface area contributed by atoms with Crippen LogP contribution in [-0.2, 0) is 20.1 Å². The number of hydrogen-bond donors (Lipinski definition) is 1. The SMILES string of the molecule is CN(C)S(=O)(=O)c1cc2c(c([N+](=O)[O-])c1)-c1c(cc(S(=O)(=O)O)cc1[N+](=O)[O-])C2=O. The average Bonchev–Trinajstić information content (AvgIpc) is 2.91. The van der Waals surface area contributed by atoms with Gasteiger partial charge in [-0.25, -0.2) is 12.7 Å². The number of sulfonamides is 1. The van der Waals surface area contributed by atoms with Crippen molar-refractivity contribution >= 4 is 37.3 Å². The number of ketones is 1. The zero-order valence-electron chi connectivity index (χ0n) is 15.1. The lowest BCUT2D eigenvalue weighted by atomic mass is 10.0. The molecule has 0 amide bonds. The summed E-state index contributed by atoms with van der Waals surface area (Å²) in [5.74, 6) is -1.06. The lowest BCUT2D eigenvalue weighted by molar-refractivity contribution is -0.386. The molecule has 30 heavy (non-hydrogen) atoms. The Labute approximate surface area is 168 Å². The predicted octanol–water partition coefficient (Wildman–Crippen LogP) is 1.21. The third kappa shape index (κ3) is 3.13. The molecule has 3 rings (SSSR count). The lowest BCUT2D eigenvalue weighted by Gasteiger charge is -2.12. The van der Waals surface area contributed by atoms with Crippen LogP contribution in [0.1, 0.15) is 15.9 Å². The molecule has 0 atom stereocenters. The van der Waals surface area contributed by atoms with E-state index in [1.807, 2.05) is 0 Å². The summed E-state index contributed by atoms with van der Waals surface area (Å²) in [6, 6.07) is 2.60. The van der Waals surface area contributed by atoms with Gasteiger partial charge < -0.3 is 0 Å². The largest absolute Gasteiger partial charge is 0.294 e. The number of carbonyl (C=O) groups is 1. The van der Waals surface area contributed by atoms with Gasteiger partial charge in [0.15, 0.2) is 5.78 Å². The minimum Gasteiger partial charge on any atom is -0.289 e. The Morgan fingerprint density at radius 3 is 1.60 bits per heavy atom. The number of hydrogen-bond acceptors (Lipinski definition) is 9. The van der Waals surface area contributed by atoms with Crippen molar-refractivity contribution in [1.29, 1.82) is 0 Å². The quantitative estimate of drug-likeness (QED) is 0.330. The van der Waals surface area contributed by atoms with Crippen molar-refractivity contribution in [2.75, 3.05) is 14.1 Å². The smallest absolute Gasteiger partial charge is 0.289 e. The predicted molar refractivity (Wildman–Crippen MR) is 99.3 cm³/mol. The number of nitro benzene ring substituents is 2. The van der Waals surface area contributed by atoms with Gasteiger partial charge in [0.2, 0.25) is 10.0 Å². The van der Waals surface area contributed by atoms with Crippen molar-refractivity contribution in [2.24, 2.45) is 0 Å². The van der Waals surface area contributed by atoms with Crippen molar-refractivity contribution in [3.05, 3.63) is 55.6 Å². The van der Waals surface area contributed by atoms with Crippen molar-refractivity contribution < 1.29 is 36.0 Å². The van der Waals surface area contributed by atoms with Gasteiger partial charge in [-0.1, -0.05) is 0 Å². The molecule has 0 aliphatic heterocycles. The van der Waals surface area contributed by atoms with E-state index in [4.69, 9.17) is 0 Å². The molecule has 0 spiro atoms. The Bertz CT molecular complexity index is 1380. The summed E-state index contributed by atoms with van der Waals surface area (Å²) in [6.45, 7) is 0. The van der Waals surface area contributed by atoms with Gasteiger partial charge in [0, 0.05) is 37.4 Å². The zero-order chi connectivity index (χ0) is 22.8. The molecule has 1 N–H and O–H groups in total. The van der Waals surface area contributed by atoms with E-state index in [0.717, 1.165) is 24.5 Å². The number of rotatable bonds is 5. The van der Waals surface area contributed by atoms with E-state index in [2.05, 4.69) is 0 Å². The summed E-state index contributed by atoms with van der Waals surface area (Å²) in [6.07, 6.45) is 0. The van der Waals surface area contributed by atoms with E-state index >= 15 is 0 Å². The van der Waals surface area contributed by atoms with Gasteiger partial charge in [0.1, 0.15) is 4.90 Å². The van der Waals surface area contributed by atoms with Crippen LogP contribution in [0.15, 0.2) is 34.1 Å². The van der Waals surface area contributed by atoms with Crippen LogP contribution in [0.3, 0.4) is 0 Å². The van der Waals surface area contributed by atoms with Crippen molar-refractivity contribution in [3.8, 4) is 11.1 Å². The molecule has 2 aromatic rings. The van der Waals surface area contributed by atoms with E-state index in [0.29, 0.717) is 18.2 Å². The maximum atomic E-state index is 12.8. The molecule has 0 fully saturated rings. The number of benzene rings is 2. The van der Waals surface area contributed by atoms with E-state index < -0.39 is 79.2 Å². The van der Waals surface area contributed by atoms with Crippen LogP contribution in [0, 0.1) is 20.2 Å². The maximum Gasteiger partial charge on any atom is 0.294 e. The molecular formula is C15H11N3O10S2. The minimum absolute atomic E-state index is 0.463. The van der Waals surface area contributed by atoms with Crippen molar-refractivity contribution in [3.63, 3.8) is 0 Å². The van der Waals surface area contributed by atoms with Crippen LogP contribution in [0.5, 0.6) is 0 Å². The number of carbonyl (C=O) groups excluding carboxylic acids is 1. The van der Waals surface area contributed by atoms with E-state index in [1.165, 1.54) is 0 Å². The second-order valence-electron chi connectivity index (χ2n) is 6.34. The fourth-order valence-electron chi connectivity index (χ4n) is 3.03. The average molecular weight is 457 g/mol. The molecular weight excluding hydrogens is 446 g/mol. The fraction of sp³-hybridized carbons (Fsp3) is 0.133. The van der Waals surface area contributed by atoms with Gasteiger partial charge in [0.25, 0.3) is 21.5 Å². The summed E-state index contributed by atoms with van der Waals surface area (Å²) in [5, 5.41) is 23.1. The molecule has 0 radical (unpaired) electrons. The van der Waals surface area contributed by atoms with Crippen LogP contribution in [0.25, 0.3) is 11.1 Å². The summed E-state index contributed by atoms with van der Waals surface area (Å²) in [4.78, 5) is 32.3. The normalized spacial score (nSPS) is 13.3. The van der Waals surface area contributed by atoms with Gasteiger partial charge in [-0.15, -0.1) is 0 Å². The van der Waals surface area contributed by atoms with Crippen molar-refractivity contribution in [2.45, 2.75) is 9.79 Å². The standard InChI is InChI=1S/C15H11N3O10S2/c1-16(2)29(24,25)7-3-9-13(11(5-7)17(20)21)14-10(15(9)19)4-8(30(26,27)28)6-12(14)18(22)23/h3-6H,1-2H3,(H,26,27,28). The first-order valence-corrected chi connectivity index (χ1v) is 10.7. The summed E-state index contributed by atoms with van der Waals surface area (Å²) in [7, 11) is -6.85. The molecule has 1 aliphatic rings. The van der Waals surface area contributed by atoms with Gasteiger partial charge >= 0.3 is 0 Å². The van der Waals surface area contributed by atoms with Crippen LogP contribution in [0.2, 0.25) is 0 Å². The fourth-order valence-corrected chi connectivity index (χ4v) is 4.50. The first-order valence-electron chi connectivity index (χ1n) is 7.78. The van der Waals surface area contributed by atoms with Crippen molar-refractivity contribution in [1.82, 2.24) is 4.31 Å². The highest BCUT2D eigenvalue weighted by Gasteiger charge is 2.41. The lowest BCUT2D eigenvalue weighted by Crippen LogP contribution is -2.22. The van der Waals surface area contributed by atoms with Gasteiger partial charge in [-0.2, -0.15) is 8.42 Å². The second-order valence-corrected chi connectivity index (χ2v) is 9.91. The van der Waals surface area contributed by atoms with E-state index in [1.54, 1.807) is 0 Å². The highest BCUT2D eigenvalue weighted by atomic mass is 32.2. The minimum atomic E-state index is -4.95. The topological polar surface area (TPSA) is 195 Å². The number of nitrogens with zero attached hydrogens (tertiary/aromatic N) is 3. The number of nitro groups is 2. The summed E-state index contributed by atoms with van der Waals surface area (Å²) < 4.78 is 57.7. The highest BCUT2D eigenvalue weighted by Crippen LogP contribution is 2.48. The Kier molecular flexibility index (Phi) is 4.74. The van der Waals surface area contributed by atoms with E-state index in [9.17, 15) is 46.4 Å². The van der Waals surface area contributed by atoms with E-state index in [-0.39, 0.29) is 0 Å². The molecule has 0 bridgehead atoms. The molecule has 0 unspecified atom stereocenters. The van der Waals surface area contributed by atoms with Crippen LogP contribution in [0.4, 0.5) is 11.4 Å². The van der Waals surface area contributed by atoms with Gasteiger partial charge in [0.05, 0.1) is 25.9 Å². The van der Waals surface area contributed by atoms with Crippen LogP contribution < -0.4 is 0 Å². The van der Waals surface area contributed by atoms with Gasteiger partial charge in [-0.3, -0.25) is 29.6 Å². The summed E-state index contributed by atoms with van der Waals surface area (Å²) >= 11 is 0. The first kappa shape index (κ1) is 21.4. The van der Waals surface area contributed by atoms with Crippen LogP contribution in [-0.4, -0.2) is 55.4 Å². The maximum absolute atomic E-state index is 12.8. The van der Waals surface area contributed by atoms with Gasteiger partial charge in [-0.05, 0) is 12.1 Å². The number of fused-ring (bicyclic) bond motifs is 3. The molecule has 1 aliphatic carbocycles.